The molecule has 0 aliphatic carbocycles. The van der Waals surface area contributed by atoms with Gasteiger partial charge in [-0.25, -0.2) is 4.39 Å². The zero-order chi connectivity index (χ0) is 18.2. The Morgan fingerprint density at radius 2 is 2.08 bits per heavy atom. The van der Waals surface area contributed by atoms with E-state index in [0.717, 1.165) is 5.56 Å². The van der Waals surface area contributed by atoms with Crippen LogP contribution in [0.4, 0.5) is 10.1 Å². The fraction of sp³-hybridized carbons (Fsp3) is 0.158. The van der Waals surface area contributed by atoms with Crippen LogP contribution in [0.25, 0.3) is 6.08 Å². The van der Waals surface area contributed by atoms with Crippen LogP contribution in [-0.4, -0.2) is 19.6 Å². The molecule has 0 heterocycles. The zero-order valence-corrected chi connectivity index (χ0v) is 13.9. The van der Waals surface area contributed by atoms with Crippen LogP contribution in [0.15, 0.2) is 42.5 Å². The summed E-state index contributed by atoms with van der Waals surface area (Å²) in [5, 5.41) is 11.0. The van der Waals surface area contributed by atoms with Gasteiger partial charge in [-0.2, -0.15) is 5.26 Å². The number of amides is 1. The molecular weight excluding hydrogens is 323 g/mol. The second-order valence-electron chi connectivity index (χ2n) is 5.16. The molecule has 0 bridgehead atoms. The van der Waals surface area contributed by atoms with E-state index in [4.69, 9.17) is 14.7 Å². The third-order valence-electron chi connectivity index (χ3n) is 3.29. The number of methoxy groups -OCH3 is 1. The Morgan fingerprint density at radius 3 is 2.76 bits per heavy atom. The van der Waals surface area contributed by atoms with Crippen molar-refractivity contribution in [3.63, 3.8) is 0 Å². The van der Waals surface area contributed by atoms with Crippen molar-refractivity contribution < 1.29 is 18.7 Å². The van der Waals surface area contributed by atoms with Gasteiger partial charge in [-0.1, -0.05) is 12.1 Å². The van der Waals surface area contributed by atoms with Crippen molar-refractivity contribution >= 4 is 17.7 Å². The lowest BCUT2D eigenvalue weighted by Crippen LogP contribution is -2.09. The molecule has 2 aromatic carbocycles. The lowest BCUT2D eigenvalue weighted by Gasteiger charge is -2.09. The Hall–Kier alpha value is -3.33. The van der Waals surface area contributed by atoms with Crippen molar-refractivity contribution in [3.8, 4) is 17.6 Å². The Balaban J connectivity index is 2.07. The van der Waals surface area contributed by atoms with Gasteiger partial charge in [-0.15, -0.1) is 0 Å². The summed E-state index contributed by atoms with van der Waals surface area (Å²) in [7, 11) is 1.48. The molecule has 1 N–H and O–H groups in total. The first-order chi connectivity index (χ1) is 12.0. The van der Waals surface area contributed by atoms with E-state index in [0.29, 0.717) is 17.1 Å². The smallest absolute Gasteiger partial charge is 0.248 e. The fourth-order valence-corrected chi connectivity index (χ4v) is 2.08. The number of nitriles is 1. The van der Waals surface area contributed by atoms with Crippen molar-refractivity contribution in [2.75, 3.05) is 19.0 Å². The molecule has 2 aromatic rings. The molecule has 0 unspecified atom stereocenters. The van der Waals surface area contributed by atoms with E-state index in [1.807, 2.05) is 6.07 Å². The molecule has 0 radical (unpaired) electrons. The predicted octanol–water partition coefficient (Wildman–Crippen LogP) is 3.70. The highest BCUT2D eigenvalue weighted by Crippen LogP contribution is 2.28. The number of carbonyl (C=O) groups excluding carboxylic acids is 1. The number of benzene rings is 2. The molecule has 0 aliphatic rings. The average Bonchev–Trinajstić information content (AvgIpc) is 2.60. The highest BCUT2D eigenvalue weighted by molar-refractivity contribution is 6.02. The van der Waals surface area contributed by atoms with Gasteiger partial charge in [-0.3, -0.25) is 4.79 Å². The van der Waals surface area contributed by atoms with E-state index in [-0.39, 0.29) is 12.3 Å². The predicted molar refractivity (Wildman–Crippen MR) is 92.9 cm³/mol. The molecule has 0 aromatic heterocycles. The molecule has 2 rings (SSSR count). The minimum atomic E-state index is -0.484. The second-order valence-corrected chi connectivity index (χ2v) is 5.16. The summed E-state index contributed by atoms with van der Waals surface area (Å²) in [5.74, 6) is -0.0521. The minimum Gasteiger partial charge on any atom is -0.493 e. The van der Waals surface area contributed by atoms with Gasteiger partial charge < -0.3 is 14.8 Å². The topological polar surface area (TPSA) is 71.3 Å². The molecule has 128 valence electrons. The van der Waals surface area contributed by atoms with Gasteiger partial charge in [-0.05, 0) is 48.4 Å². The van der Waals surface area contributed by atoms with Crippen LogP contribution in [0.5, 0.6) is 11.5 Å². The summed E-state index contributed by atoms with van der Waals surface area (Å²) < 4.78 is 24.1. The van der Waals surface area contributed by atoms with Gasteiger partial charge in [0.05, 0.1) is 12.8 Å². The van der Waals surface area contributed by atoms with Crippen LogP contribution in [0.2, 0.25) is 0 Å². The van der Waals surface area contributed by atoms with Crippen LogP contribution < -0.4 is 14.8 Å². The number of anilines is 1. The number of aryl methyl sites for hydroxylation is 1. The maximum atomic E-state index is 13.7. The van der Waals surface area contributed by atoms with E-state index in [2.05, 4.69) is 5.32 Å². The highest BCUT2D eigenvalue weighted by atomic mass is 19.1. The molecule has 0 fully saturated rings. The Labute approximate surface area is 145 Å². The van der Waals surface area contributed by atoms with E-state index >= 15 is 0 Å². The summed E-state index contributed by atoms with van der Waals surface area (Å²) in [6.07, 6.45) is 2.86. The number of halogens is 1. The van der Waals surface area contributed by atoms with Crippen molar-refractivity contribution in [3.05, 3.63) is 59.4 Å². The number of carbonyl (C=O) groups is 1. The molecule has 5 nitrogen and oxygen atoms in total. The van der Waals surface area contributed by atoms with E-state index < -0.39 is 11.7 Å². The van der Waals surface area contributed by atoms with Gasteiger partial charge in [0.1, 0.15) is 11.9 Å². The first-order valence-electron chi connectivity index (χ1n) is 7.46. The van der Waals surface area contributed by atoms with Gasteiger partial charge in [0, 0.05) is 6.08 Å². The molecule has 6 heteroatoms. The van der Waals surface area contributed by atoms with E-state index in [9.17, 15) is 9.18 Å². The maximum absolute atomic E-state index is 13.7. The number of nitrogens with zero attached hydrogens (tertiary/aromatic N) is 1. The fourth-order valence-electron chi connectivity index (χ4n) is 2.08. The van der Waals surface area contributed by atoms with Crippen LogP contribution in [0, 0.1) is 24.1 Å². The number of rotatable bonds is 6. The number of ether oxygens (including phenoxy) is 2. The number of nitrogens with one attached hydrogen (secondary N) is 1. The van der Waals surface area contributed by atoms with Crippen LogP contribution in [-0.2, 0) is 4.79 Å². The molecule has 0 spiro atoms. The Kier molecular flexibility index (Phi) is 6.13. The van der Waals surface area contributed by atoms with Gasteiger partial charge in [0.2, 0.25) is 5.91 Å². The van der Waals surface area contributed by atoms with E-state index in [1.165, 1.54) is 25.3 Å². The number of hydrogen-bond donors (Lipinski definition) is 1. The van der Waals surface area contributed by atoms with E-state index in [1.54, 1.807) is 37.3 Å². The van der Waals surface area contributed by atoms with Crippen LogP contribution >= 0.6 is 0 Å². The molecule has 25 heavy (non-hydrogen) atoms. The third-order valence-corrected chi connectivity index (χ3v) is 3.29. The normalized spacial score (nSPS) is 10.3. The minimum absolute atomic E-state index is 0.0872. The van der Waals surface area contributed by atoms with Gasteiger partial charge in [0.25, 0.3) is 0 Å². The summed E-state index contributed by atoms with van der Waals surface area (Å²) >= 11 is 0. The van der Waals surface area contributed by atoms with Crippen LogP contribution in [0.3, 0.4) is 0 Å². The molecule has 0 aliphatic heterocycles. The molecule has 1 amide bonds. The quantitative estimate of drug-likeness (QED) is 0.814. The number of hydrogen-bond acceptors (Lipinski definition) is 4. The monoisotopic (exact) mass is 340 g/mol. The second kappa shape index (κ2) is 8.50. The zero-order valence-electron chi connectivity index (χ0n) is 13.9. The lowest BCUT2D eigenvalue weighted by atomic mass is 10.2. The summed E-state index contributed by atoms with van der Waals surface area (Å²) in [6.45, 7) is 1.68. The summed E-state index contributed by atoms with van der Waals surface area (Å²) in [6, 6.07) is 11.5. The Morgan fingerprint density at radius 1 is 1.28 bits per heavy atom. The summed E-state index contributed by atoms with van der Waals surface area (Å²) in [5.41, 5.74) is 1.59. The molecule has 0 atom stereocenters. The van der Waals surface area contributed by atoms with Crippen molar-refractivity contribution in [2.24, 2.45) is 0 Å². The highest BCUT2D eigenvalue weighted by Gasteiger charge is 2.06. The van der Waals surface area contributed by atoms with Crippen molar-refractivity contribution in [2.45, 2.75) is 6.92 Å². The largest absolute Gasteiger partial charge is 0.493 e. The SMILES string of the molecule is COc1cc(/C=C/C(=O)Nc2ccc(C)cc2F)ccc1OCC#N. The molecular formula is C19H17FN2O3. The Bertz CT molecular complexity index is 841. The molecule has 0 saturated carbocycles. The average molecular weight is 340 g/mol. The van der Waals surface area contributed by atoms with Crippen molar-refractivity contribution in [1.82, 2.24) is 0 Å². The van der Waals surface area contributed by atoms with Crippen LogP contribution in [0.1, 0.15) is 11.1 Å². The first-order valence-corrected chi connectivity index (χ1v) is 7.46. The van der Waals surface area contributed by atoms with Crippen molar-refractivity contribution in [1.29, 1.82) is 5.26 Å². The first kappa shape index (κ1) is 18.0. The molecule has 0 saturated heterocycles. The maximum Gasteiger partial charge on any atom is 0.248 e. The lowest BCUT2D eigenvalue weighted by molar-refractivity contribution is -0.111. The third kappa shape index (κ3) is 5.08. The van der Waals surface area contributed by atoms with Gasteiger partial charge in [0.15, 0.2) is 18.1 Å². The summed E-state index contributed by atoms with van der Waals surface area (Å²) in [4.78, 5) is 11.9. The standard InChI is InChI=1S/C19H17FN2O3/c1-13-3-6-16(15(20)11-13)22-19(23)8-5-14-4-7-17(25-10-9-21)18(12-14)24-2/h3-8,11-12H,10H2,1-2H3,(H,22,23)/b8-5+. The van der Waals surface area contributed by atoms with Gasteiger partial charge >= 0.3 is 0 Å².